The molecule has 1 amide bonds. The lowest BCUT2D eigenvalue weighted by Gasteiger charge is -2.23. The molecule has 0 atom stereocenters. The van der Waals surface area contributed by atoms with Crippen molar-refractivity contribution in [2.75, 3.05) is 22.4 Å². The van der Waals surface area contributed by atoms with Crippen molar-refractivity contribution in [1.82, 2.24) is 4.98 Å². The molecule has 28 heavy (non-hydrogen) atoms. The van der Waals surface area contributed by atoms with Crippen LogP contribution in [0.4, 0.5) is 10.8 Å². The van der Waals surface area contributed by atoms with Gasteiger partial charge in [-0.3, -0.25) is 9.10 Å². The molecule has 1 N–H and O–H groups in total. The molecular formula is C17H15Cl2N3O3S3. The van der Waals surface area contributed by atoms with Crippen LogP contribution >= 0.6 is 45.9 Å². The molecule has 0 fully saturated rings. The fourth-order valence-electron chi connectivity index (χ4n) is 2.48. The monoisotopic (exact) mass is 475 g/mol. The Labute approximate surface area is 180 Å². The van der Waals surface area contributed by atoms with Crippen LogP contribution in [0.5, 0.6) is 0 Å². The van der Waals surface area contributed by atoms with Crippen LogP contribution in [0.1, 0.15) is 5.56 Å². The van der Waals surface area contributed by atoms with Gasteiger partial charge in [0.2, 0.25) is 15.9 Å². The molecule has 2 aromatic heterocycles. The summed E-state index contributed by atoms with van der Waals surface area (Å²) >= 11 is 14.5. The van der Waals surface area contributed by atoms with Crippen molar-refractivity contribution in [3.63, 3.8) is 0 Å². The van der Waals surface area contributed by atoms with Crippen molar-refractivity contribution >= 4 is 72.6 Å². The van der Waals surface area contributed by atoms with E-state index in [1.807, 2.05) is 0 Å². The van der Waals surface area contributed by atoms with Crippen molar-refractivity contribution in [2.24, 2.45) is 0 Å². The number of hydrogen-bond acceptors (Lipinski definition) is 6. The second-order valence-corrected chi connectivity index (χ2v) is 10.9. The second kappa shape index (κ2) is 8.38. The summed E-state index contributed by atoms with van der Waals surface area (Å²) in [6, 6.07) is 8.68. The van der Waals surface area contributed by atoms with E-state index in [1.165, 1.54) is 22.7 Å². The number of rotatable bonds is 6. The number of aryl methyl sites for hydroxylation is 1. The lowest BCUT2D eigenvalue weighted by Crippen LogP contribution is -2.37. The molecule has 1 aromatic carbocycles. The number of para-hydroxylation sites is 1. The molecule has 0 unspecified atom stereocenters. The van der Waals surface area contributed by atoms with Gasteiger partial charge in [0, 0.05) is 10.9 Å². The Bertz CT molecular complexity index is 1130. The standard InChI is InChI=1S/C17H15Cl2N3O3S3/c1-10-5-3-4-6-13(10)22(28(2,24)25)8-15(23)21-17-20-12(9-26-17)11-7-14(18)27-16(11)19/h3-7,9H,8H2,1-2H3,(H,20,21,23). The fourth-order valence-corrected chi connectivity index (χ4v) is 5.61. The topological polar surface area (TPSA) is 79.4 Å². The van der Waals surface area contributed by atoms with Crippen LogP contribution in [-0.4, -0.2) is 32.1 Å². The summed E-state index contributed by atoms with van der Waals surface area (Å²) in [7, 11) is -3.64. The number of aromatic nitrogens is 1. The third-order valence-corrected chi connectivity index (χ3v) is 7.13. The third kappa shape index (κ3) is 4.84. The zero-order valence-electron chi connectivity index (χ0n) is 14.8. The van der Waals surface area contributed by atoms with E-state index >= 15 is 0 Å². The molecular weight excluding hydrogens is 461 g/mol. The number of thiophene rings is 1. The van der Waals surface area contributed by atoms with Crippen LogP contribution in [-0.2, 0) is 14.8 Å². The van der Waals surface area contributed by atoms with Crippen LogP contribution in [0.2, 0.25) is 8.67 Å². The Balaban J connectivity index is 1.77. The molecule has 0 bridgehead atoms. The van der Waals surface area contributed by atoms with E-state index in [-0.39, 0.29) is 6.54 Å². The Morgan fingerprint density at radius 1 is 1.29 bits per heavy atom. The molecule has 0 radical (unpaired) electrons. The number of halogens is 2. The molecule has 0 aliphatic rings. The first-order valence-electron chi connectivity index (χ1n) is 7.89. The first-order valence-corrected chi connectivity index (χ1v) is 12.2. The Kier molecular flexibility index (Phi) is 6.31. The van der Waals surface area contributed by atoms with Crippen molar-refractivity contribution in [1.29, 1.82) is 0 Å². The Morgan fingerprint density at radius 2 is 2.00 bits per heavy atom. The van der Waals surface area contributed by atoms with E-state index in [1.54, 1.807) is 42.6 Å². The molecule has 0 spiro atoms. The average Bonchev–Trinajstić information content (AvgIpc) is 3.18. The largest absolute Gasteiger partial charge is 0.300 e. The molecule has 3 rings (SSSR count). The number of sulfonamides is 1. The zero-order valence-corrected chi connectivity index (χ0v) is 18.7. The van der Waals surface area contributed by atoms with E-state index in [0.717, 1.165) is 16.1 Å². The van der Waals surface area contributed by atoms with Crippen LogP contribution in [0.3, 0.4) is 0 Å². The number of carbonyl (C=O) groups is 1. The lowest BCUT2D eigenvalue weighted by atomic mass is 10.2. The van der Waals surface area contributed by atoms with Crippen LogP contribution < -0.4 is 9.62 Å². The predicted molar refractivity (Wildman–Crippen MR) is 117 cm³/mol. The summed E-state index contributed by atoms with van der Waals surface area (Å²) in [6.45, 7) is 1.43. The van der Waals surface area contributed by atoms with Crippen LogP contribution in [0.15, 0.2) is 35.7 Å². The maximum atomic E-state index is 12.5. The zero-order chi connectivity index (χ0) is 20.5. The highest BCUT2D eigenvalue weighted by molar-refractivity contribution is 7.92. The van der Waals surface area contributed by atoms with E-state index in [2.05, 4.69) is 10.3 Å². The molecule has 148 valence electrons. The Hall–Kier alpha value is -1.65. The number of thiazole rings is 1. The SMILES string of the molecule is Cc1ccccc1N(CC(=O)Nc1nc(-c2cc(Cl)sc2Cl)cs1)S(C)(=O)=O. The average molecular weight is 476 g/mol. The van der Waals surface area contributed by atoms with Gasteiger partial charge in [-0.15, -0.1) is 22.7 Å². The van der Waals surface area contributed by atoms with Gasteiger partial charge in [-0.25, -0.2) is 13.4 Å². The highest BCUT2D eigenvalue weighted by Gasteiger charge is 2.23. The number of anilines is 2. The summed E-state index contributed by atoms with van der Waals surface area (Å²) in [6.07, 6.45) is 1.07. The first kappa shape index (κ1) is 21.1. The number of nitrogens with zero attached hydrogens (tertiary/aromatic N) is 2. The third-order valence-electron chi connectivity index (χ3n) is 3.75. The highest BCUT2D eigenvalue weighted by atomic mass is 35.5. The summed E-state index contributed by atoms with van der Waals surface area (Å²) in [4.78, 5) is 16.8. The van der Waals surface area contributed by atoms with Crippen molar-refractivity contribution in [2.45, 2.75) is 6.92 Å². The summed E-state index contributed by atoms with van der Waals surface area (Å²) < 4.78 is 26.5. The van der Waals surface area contributed by atoms with Gasteiger partial charge in [0.05, 0.1) is 22.0 Å². The molecule has 0 saturated carbocycles. The maximum absolute atomic E-state index is 12.5. The van der Waals surface area contributed by atoms with Gasteiger partial charge in [-0.05, 0) is 24.6 Å². The van der Waals surface area contributed by atoms with Gasteiger partial charge in [-0.2, -0.15) is 0 Å². The maximum Gasteiger partial charge on any atom is 0.246 e. The summed E-state index contributed by atoms with van der Waals surface area (Å²) in [5.74, 6) is -0.496. The number of carbonyl (C=O) groups excluding carboxylic acids is 1. The van der Waals surface area contributed by atoms with Gasteiger partial charge >= 0.3 is 0 Å². The van der Waals surface area contributed by atoms with E-state index in [0.29, 0.717) is 30.7 Å². The predicted octanol–water partition coefficient (Wildman–Crippen LogP) is 4.89. The van der Waals surface area contributed by atoms with Crippen LogP contribution in [0.25, 0.3) is 11.3 Å². The number of amides is 1. The number of nitrogens with one attached hydrogen (secondary N) is 1. The van der Waals surface area contributed by atoms with E-state index < -0.39 is 15.9 Å². The first-order chi connectivity index (χ1) is 13.1. The van der Waals surface area contributed by atoms with Crippen LogP contribution in [0, 0.1) is 6.92 Å². The van der Waals surface area contributed by atoms with Gasteiger partial charge in [0.1, 0.15) is 10.9 Å². The van der Waals surface area contributed by atoms with Crippen molar-refractivity contribution < 1.29 is 13.2 Å². The number of benzene rings is 1. The minimum Gasteiger partial charge on any atom is -0.300 e. The minimum absolute atomic E-state index is 0.344. The van der Waals surface area contributed by atoms with Gasteiger partial charge in [-0.1, -0.05) is 41.4 Å². The molecule has 2 heterocycles. The van der Waals surface area contributed by atoms with Gasteiger partial charge < -0.3 is 5.32 Å². The van der Waals surface area contributed by atoms with E-state index in [4.69, 9.17) is 23.2 Å². The molecule has 0 aliphatic heterocycles. The highest BCUT2D eigenvalue weighted by Crippen LogP contribution is 2.39. The molecule has 11 heteroatoms. The smallest absolute Gasteiger partial charge is 0.246 e. The number of hydrogen-bond donors (Lipinski definition) is 1. The molecule has 6 nitrogen and oxygen atoms in total. The lowest BCUT2D eigenvalue weighted by molar-refractivity contribution is -0.114. The quantitative estimate of drug-likeness (QED) is 0.550. The van der Waals surface area contributed by atoms with Crippen molar-refractivity contribution in [3.05, 3.63) is 49.9 Å². The molecule has 3 aromatic rings. The van der Waals surface area contributed by atoms with Crippen molar-refractivity contribution in [3.8, 4) is 11.3 Å². The van der Waals surface area contributed by atoms with E-state index in [9.17, 15) is 13.2 Å². The molecule has 0 aliphatic carbocycles. The summed E-state index contributed by atoms with van der Waals surface area (Å²) in [5.41, 5.74) is 2.49. The molecule has 0 saturated heterocycles. The van der Waals surface area contributed by atoms with Gasteiger partial charge in [0.15, 0.2) is 5.13 Å². The second-order valence-electron chi connectivity index (χ2n) is 5.88. The summed E-state index contributed by atoms with van der Waals surface area (Å²) in [5, 5.41) is 4.73. The minimum atomic E-state index is -3.64. The Morgan fingerprint density at radius 3 is 2.61 bits per heavy atom. The normalized spacial score (nSPS) is 11.4. The van der Waals surface area contributed by atoms with Gasteiger partial charge in [0.25, 0.3) is 0 Å². The fraction of sp³-hybridized carbons (Fsp3) is 0.176.